The number of nitrogens with zero attached hydrogens (tertiary/aromatic N) is 1. The normalized spacial score (nSPS) is 20.2. The van der Waals surface area contributed by atoms with Crippen molar-refractivity contribution in [2.45, 2.75) is 12.5 Å². The minimum absolute atomic E-state index is 0.000282. The van der Waals surface area contributed by atoms with Gasteiger partial charge in [-0.15, -0.1) is 0 Å². The molecular weight excluding hydrogens is 314 g/mol. The molecule has 4 N–H and O–H groups in total. The third-order valence-corrected chi connectivity index (χ3v) is 3.64. The van der Waals surface area contributed by atoms with E-state index in [0.29, 0.717) is 32.6 Å². The van der Waals surface area contributed by atoms with Crippen LogP contribution in [0.3, 0.4) is 0 Å². The van der Waals surface area contributed by atoms with E-state index in [1.165, 1.54) is 12.1 Å². The van der Waals surface area contributed by atoms with Gasteiger partial charge in [-0.1, -0.05) is 12.1 Å². The maximum Gasteiger partial charge on any atom is 0.269 e. The van der Waals surface area contributed by atoms with Crippen molar-refractivity contribution in [3.05, 3.63) is 39.9 Å². The molecule has 130 valence electrons. The Kier molecular flexibility index (Phi) is 6.64. The molecule has 0 bridgehead atoms. The predicted molar refractivity (Wildman–Crippen MR) is 87.5 cm³/mol. The Morgan fingerprint density at radius 1 is 1.04 bits per heavy atom. The van der Waals surface area contributed by atoms with Gasteiger partial charge in [0.25, 0.3) is 5.69 Å². The number of carbonyl (C=O) groups is 2. The van der Waals surface area contributed by atoms with Crippen LogP contribution in [0.5, 0.6) is 0 Å². The van der Waals surface area contributed by atoms with E-state index in [2.05, 4.69) is 21.3 Å². The first-order chi connectivity index (χ1) is 11.6. The Balaban J connectivity index is 2.03. The van der Waals surface area contributed by atoms with Crippen LogP contribution in [0.25, 0.3) is 0 Å². The summed E-state index contributed by atoms with van der Waals surface area (Å²) in [5.74, 6) is -0.387. The Bertz CT molecular complexity index is 590. The van der Waals surface area contributed by atoms with Crippen molar-refractivity contribution < 1.29 is 14.5 Å². The molecule has 1 aromatic carbocycles. The molecule has 24 heavy (non-hydrogen) atoms. The summed E-state index contributed by atoms with van der Waals surface area (Å²) in [4.78, 5) is 34.2. The Labute approximate surface area is 139 Å². The smallest absolute Gasteiger partial charge is 0.269 e. The SMILES string of the molecule is O=C1CNC(Cc2ccc([N+](=O)[O-])cc2)C(=O)NCCNCCN1. The first-order valence-electron chi connectivity index (χ1n) is 7.78. The van der Waals surface area contributed by atoms with Gasteiger partial charge in [0.2, 0.25) is 11.8 Å². The van der Waals surface area contributed by atoms with Gasteiger partial charge in [-0.05, 0) is 12.0 Å². The van der Waals surface area contributed by atoms with E-state index in [9.17, 15) is 19.7 Å². The number of non-ortho nitro benzene ring substituents is 1. The highest BCUT2D eigenvalue weighted by Crippen LogP contribution is 2.13. The minimum Gasteiger partial charge on any atom is -0.354 e. The van der Waals surface area contributed by atoms with Crippen molar-refractivity contribution in [1.29, 1.82) is 0 Å². The molecule has 2 amide bonds. The zero-order valence-electron chi connectivity index (χ0n) is 13.2. The van der Waals surface area contributed by atoms with Gasteiger partial charge in [0.05, 0.1) is 17.5 Å². The van der Waals surface area contributed by atoms with Crippen molar-refractivity contribution in [1.82, 2.24) is 21.3 Å². The number of rotatable bonds is 3. The van der Waals surface area contributed by atoms with Crippen molar-refractivity contribution in [3.63, 3.8) is 0 Å². The quantitative estimate of drug-likeness (QED) is 0.412. The Morgan fingerprint density at radius 3 is 2.38 bits per heavy atom. The summed E-state index contributed by atoms with van der Waals surface area (Å²) in [6.07, 6.45) is 0.338. The molecule has 9 heteroatoms. The fourth-order valence-electron chi connectivity index (χ4n) is 2.34. The standard InChI is InChI=1S/C15H21N5O4/c21-14-10-19-13(15(22)18-8-6-16-5-7-17-14)9-11-1-3-12(4-2-11)20(23)24/h1-4,13,16,19H,5-10H2,(H,17,21)(H,18,22). The number of benzene rings is 1. The van der Waals surface area contributed by atoms with Gasteiger partial charge in [-0.3, -0.25) is 25.0 Å². The molecule has 1 aliphatic heterocycles. The monoisotopic (exact) mass is 335 g/mol. The molecule has 0 aromatic heterocycles. The highest BCUT2D eigenvalue weighted by atomic mass is 16.6. The molecule has 0 saturated carbocycles. The molecule has 0 radical (unpaired) electrons. The van der Waals surface area contributed by atoms with E-state index in [1.807, 2.05) is 0 Å². The average Bonchev–Trinajstić information content (AvgIpc) is 2.56. The summed E-state index contributed by atoms with van der Waals surface area (Å²) in [5, 5.41) is 22.3. The van der Waals surface area contributed by atoms with Gasteiger partial charge < -0.3 is 16.0 Å². The number of hydrogen-bond acceptors (Lipinski definition) is 6. The second kappa shape index (κ2) is 8.94. The topological polar surface area (TPSA) is 125 Å². The lowest BCUT2D eigenvalue weighted by atomic mass is 10.0. The van der Waals surface area contributed by atoms with Crippen molar-refractivity contribution in [2.75, 3.05) is 32.7 Å². The highest BCUT2D eigenvalue weighted by molar-refractivity contribution is 5.84. The van der Waals surface area contributed by atoms with Crippen molar-refractivity contribution in [3.8, 4) is 0 Å². The van der Waals surface area contributed by atoms with Crippen LogP contribution in [0, 0.1) is 10.1 Å². The van der Waals surface area contributed by atoms with Gasteiger partial charge in [0.15, 0.2) is 0 Å². The molecule has 0 spiro atoms. The molecule has 1 atom stereocenters. The zero-order chi connectivity index (χ0) is 17.4. The van der Waals surface area contributed by atoms with Gasteiger partial charge >= 0.3 is 0 Å². The molecule has 2 rings (SSSR count). The second-order valence-electron chi connectivity index (χ2n) is 5.45. The number of hydrogen-bond donors (Lipinski definition) is 4. The van der Waals surface area contributed by atoms with Crippen LogP contribution in [0.1, 0.15) is 5.56 Å². The lowest BCUT2D eigenvalue weighted by Gasteiger charge is -2.19. The molecular formula is C15H21N5O4. The summed E-state index contributed by atoms with van der Waals surface area (Å²) in [5.41, 5.74) is 0.777. The molecule has 1 heterocycles. The van der Waals surface area contributed by atoms with Gasteiger partial charge in [-0.25, -0.2) is 0 Å². The van der Waals surface area contributed by atoms with E-state index in [1.54, 1.807) is 12.1 Å². The van der Waals surface area contributed by atoms with Gasteiger partial charge in [-0.2, -0.15) is 0 Å². The number of nitro groups is 1. The fraction of sp³-hybridized carbons (Fsp3) is 0.467. The maximum absolute atomic E-state index is 12.3. The van der Waals surface area contributed by atoms with Crippen LogP contribution < -0.4 is 21.3 Å². The summed E-state index contributed by atoms with van der Waals surface area (Å²) >= 11 is 0. The Hall–Kier alpha value is -2.52. The lowest BCUT2D eigenvalue weighted by Crippen LogP contribution is -2.51. The molecule has 1 aromatic rings. The number of nitro benzene ring substituents is 1. The molecule has 1 saturated heterocycles. The maximum atomic E-state index is 12.3. The van der Waals surface area contributed by atoms with Gasteiger partial charge in [0, 0.05) is 38.3 Å². The summed E-state index contributed by atoms with van der Waals surface area (Å²) < 4.78 is 0. The largest absolute Gasteiger partial charge is 0.354 e. The van der Waals surface area contributed by atoms with Crippen LogP contribution in [-0.4, -0.2) is 55.5 Å². The van der Waals surface area contributed by atoms with Crippen LogP contribution in [0.4, 0.5) is 5.69 Å². The van der Waals surface area contributed by atoms with Crippen LogP contribution in [0.2, 0.25) is 0 Å². The summed E-state index contributed by atoms with van der Waals surface area (Å²) in [6, 6.07) is 5.45. The number of carbonyl (C=O) groups excluding carboxylic acids is 2. The number of nitrogens with one attached hydrogen (secondary N) is 4. The molecule has 9 nitrogen and oxygen atoms in total. The predicted octanol–water partition coefficient (Wildman–Crippen LogP) is -1.07. The summed E-state index contributed by atoms with van der Waals surface area (Å²) in [6.45, 7) is 2.32. The van der Waals surface area contributed by atoms with E-state index >= 15 is 0 Å². The Morgan fingerprint density at radius 2 is 1.71 bits per heavy atom. The molecule has 0 aliphatic carbocycles. The highest BCUT2D eigenvalue weighted by Gasteiger charge is 2.20. The fourth-order valence-corrected chi connectivity index (χ4v) is 2.34. The van der Waals surface area contributed by atoms with Crippen molar-refractivity contribution >= 4 is 17.5 Å². The first-order valence-corrected chi connectivity index (χ1v) is 7.78. The second-order valence-corrected chi connectivity index (χ2v) is 5.45. The minimum atomic E-state index is -0.586. The van der Waals surface area contributed by atoms with Gasteiger partial charge in [0.1, 0.15) is 0 Å². The zero-order valence-corrected chi connectivity index (χ0v) is 13.2. The van der Waals surface area contributed by atoms with Crippen LogP contribution in [-0.2, 0) is 16.0 Å². The van der Waals surface area contributed by atoms with E-state index in [4.69, 9.17) is 0 Å². The summed E-state index contributed by atoms with van der Waals surface area (Å²) in [7, 11) is 0. The average molecular weight is 335 g/mol. The third kappa shape index (κ3) is 5.60. The van der Waals surface area contributed by atoms with E-state index < -0.39 is 11.0 Å². The third-order valence-electron chi connectivity index (χ3n) is 3.64. The number of amides is 2. The molecule has 1 aliphatic rings. The van der Waals surface area contributed by atoms with Crippen LogP contribution >= 0.6 is 0 Å². The lowest BCUT2D eigenvalue weighted by molar-refractivity contribution is -0.384. The van der Waals surface area contributed by atoms with E-state index in [-0.39, 0.29) is 24.0 Å². The molecule has 1 fully saturated rings. The van der Waals surface area contributed by atoms with Crippen LogP contribution in [0.15, 0.2) is 24.3 Å². The molecule has 1 unspecified atom stereocenters. The first kappa shape index (κ1) is 17.8. The van der Waals surface area contributed by atoms with E-state index in [0.717, 1.165) is 5.56 Å². The van der Waals surface area contributed by atoms with Crippen molar-refractivity contribution in [2.24, 2.45) is 0 Å².